The first-order chi connectivity index (χ1) is 10.3. The van der Waals surface area contributed by atoms with Crippen molar-refractivity contribution in [2.45, 2.75) is 43.9 Å². The zero-order chi connectivity index (χ0) is 14.3. The molecule has 4 heterocycles. The average Bonchev–Trinajstić information content (AvgIpc) is 3.23. The van der Waals surface area contributed by atoms with Crippen molar-refractivity contribution in [1.29, 1.82) is 0 Å². The Morgan fingerprint density at radius 1 is 1.38 bits per heavy atom. The molecule has 0 amide bonds. The van der Waals surface area contributed by atoms with Crippen molar-refractivity contribution >= 4 is 16.3 Å². The van der Waals surface area contributed by atoms with Crippen LogP contribution in [0.5, 0.6) is 0 Å². The Kier molecular flexibility index (Phi) is 3.43. The number of hydrogen-bond acceptors (Lipinski definition) is 6. The number of hydrogen-bond donors (Lipinski definition) is 1. The van der Waals surface area contributed by atoms with Gasteiger partial charge in [0.25, 0.3) is 0 Å². The number of rotatable bonds is 3. The fourth-order valence-corrected chi connectivity index (χ4v) is 4.57. The van der Waals surface area contributed by atoms with Crippen LogP contribution in [0.1, 0.15) is 49.4 Å². The molecular weight excluding hydrogens is 286 g/mol. The first-order valence-corrected chi connectivity index (χ1v) is 8.65. The van der Waals surface area contributed by atoms with E-state index in [9.17, 15) is 0 Å². The molecule has 21 heavy (non-hydrogen) atoms. The van der Waals surface area contributed by atoms with E-state index in [2.05, 4.69) is 22.4 Å². The summed E-state index contributed by atoms with van der Waals surface area (Å²) < 4.78 is 7.44. The van der Waals surface area contributed by atoms with Crippen molar-refractivity contribution in [2.24, 2.45) is 0 Å². The molecule has 7 heteroatoms. The van der Waals surface area contributed by atoms with E-state index >= 15 is 0 Å². The maximum atomic E-state index is 5.45. The lowest BCUT2D eigenvalue weighted by atomic mass is 9.85. The van der Waals surface area contributed by atoms with Gasteiger partial charge in [0.1, 0.15) is 5.01 Å². The maximum Gasteiger partial charge on any atom is 0.234 e. The van der Waals surface area contributed by atoms with Crippen LogP contribution in [-0.4, -0.2) is 46.1 Å². The zero-order valence-electron chi connectivity index (χ0n) is 12.3. The van der Waals surface area contributed by atoms with E-state index in [4.69, 9.17) is 9.84 Å². The Labute approximate surface area is 127 Å². The second-order valence-electron chi connectivity index (χ2n) is 6.11. The van der Waals surface area contributed by atoms with Crippen LogP contribution in [0.4, 0.5) is 0 Å². The molecule has 2 fully saturated rings. The van der Waals surface area contributed by atoms with Crippen LogP contribution in [0.25, 0.3) is 4.96 Å². The van der Waals surface area contributed by atoms with Gasteiger partial charge in [-0.15, -0.1) is 10.2 Å². The Hall–Kier alpha value is -1.05. The maximum absolute atomic E-state index is 5.45. The van der Waals surface area contributed by atoms with Crippen LogP contribution in [-0.2, 0) is 10.2 Å². The minimum Gasteiger partial charge on any atom is -0.381 e. The zero-order valence-corrected chi connectivity index (χ0v) is 13.2. The van der Waals surface area contributed by atoms with Crippen molar-refractivity contribution in [3.8, 4) is 0 Å². The monoisotopic (exact) mass is 307 g/mol. The van der Waals surface area contributed by atoms with E-state index in [-0.39, 0.29) is 5.41 Å². The van der Waals surface area contributed by atoms with Gasteiger partial charge in [-0.05, 0) is 32.2 Å². The van der Waals surface area contributed by atoms with Gasteiger partial charge in [-0.1, -0.05) is 18.3 Å². The lowest BCUT2D eigenvalue weighted by Gasteiger charge is -2.23. The fourth-order valence-electron chi connectivity index (χ4n) is 3.44. The number of ether oxygens (including phenoxy) is 1. The molecule has 2 aliphatic heterocycles. The van der Waals surface area contributed by atoms with Crippen LogP contribution in [0.15, 0.2) is 0 Å². The molecule has 0 saturated carbocycles. The predicted octanol–water partition coefficient (Wildman–Crippen LogP) is 1.72. The average molecular weight is 307 g/mol. The van der Waals surface area contributed by atoms with Gasteiger partial charge in [-0.2, -0.15) is 9.61 Å². The summed E-state index contributed by atoms with van der Waals surface area (Å²) in [7, 11) is 0. The lowest BCUT2D eigenvalue weighted by molar-refractivity contribution is 0.0831. The highest BCUT2D eigenvalue weighted by Gasteiger charge is 2.38. The van der Waals surface area contributed by atoms with Crippen LogP contribution < -0.4 is 5.32 Å². The van der Waals surface area contributed by atoms with Gasteiger partial charge in [-0.3, -0.25) is 0 Å². The van der Waals surface area contributed by atoms with Gasteiger partial charge < -0.3 is 10.1 Å². The molecule has 0 aromatic carbocycles. The molecule has 0 radical (unpaired) electrons. The molecule has 1 N–H and O–H groups in total. The van der Waals surface area contributed by atoms with E-state index < -0.39 is 0 Å². The first-order valence-electron chi connectivity index (χ1n) is 7.83. The molecule has 2 saturated heterocycles. The summed E-state index contributed by atoms with van der Waals surface area (Å²) in [6.07, 6.45) is 4.33. The second kappa shape index (κ2) is 5.30. The molecular formula is C14H21N5OS. The summed E-state index contributed by atoms with van der Waals surface area (Å²) >= 11 is 1.71. The lowest BCUT2D eigenvalue weighted by Crippen LogP contribution is -2.28. The van der Waals surface area contributed by atoms with Gasteiger partial charge in [0.15, 0.2) is 5.82 Å². The van der Waals surface area contributed by atoms with Crippen LogP contribution >= 0.6 is 11.3 Å². The third-order valence-electron chi connectivity index (χ3n) is 4.98. The highest BCUT2D eigenvalue weighted by molar-refractivity contribution is 7.16. The summed E-state index contributed by atoms with van der Waals surface area (Å²) in [6, 6.07) is 0. The van der Waals surface area contributed by atoms with E-state index in [1.165, 1.54) is 11.4 Å². The van der Waals surface area contributed by atoms with Crippen molar-refractivity contribution in [2.75, 3.05) is 26.3 Å². The predicted molar refractivity (Wildman–Crippen MR) is 80.9 cm³/mol. The molecule has 6 nitrogen and oxygen atoms in total. The standard InChI is InChI=1S/C14H21N5OS/c1-2-14(5-6-15-9-14)12-18-19-11(16-17-13(19)21-12)10-3-7-20-8-4-10/h10,15H,2-9H2,1H3. The van der Waals surface area contributed by atoms with Crippen molar-refractivity contribution in [3.05, 3.63) is 10.8 Å². The van der Waals surface area contributed by atoms with E-state index in [1.54, 1.807) is 11.3 Å². The van der Waals surface area contributed by atoms with Crippen molar-refractivity contribution in [3.63, 3.8) is 0 Å². The van der Waals surface area contributed by atoms with E-state index in [0.717, 1.165) is 56.4 Å². The fraction of sp³-hybridized carbons (Fsp3) is 0.786. The van der Waals surface area contributed by atoms with Gasteiger partial charge in [0, 0.05) is 31.1 Å². The topological polar surface area (TPSA) is 64.3 Å². The number of fused-ring (bicyclic) bond motifs is 1. The number of nitrogens with zero attached hydrogens (tertiary/aromatic N) is 4. The minimum absolute atomic E-state index is 0.193. The molecule has 114 valence electrons. The van der Waals surface area contributed by atoms with Crippen molar-refractivity contribution < 1.29 is 4.74 Å². The quantitative estimate of drug-likeness (QED) is 0.935. The third kappa shape index (κ3) is 2.18. The second-order valence-corrected chi connectivity index (χ2v) is 7.06. The Morgan fingerprint density at radius 2 is 2.24 bits per heavy atom. The molecule has 0 spiro atoms. The molecule has 4 rings (SSSR count). The van der Waals surface area contributed by atoms with Crippen LogP contribution in [0.3, 0.4) is 0 Å². The molecule has 2 aromatic rings. The summed E-state index contributed by atoms with van der Waals surface area (Å²) in [5, 5.41) is 18.3. The SMILES string of the molecule is CCC1(c2nn3c(C4CCOCC4)nnc3s2)CCNC1. The van der Waals surface area contributed by atoms with Gasteiger partial charge in [0.2, 0.25) is 4.96 Å². The Balaban J connectivity index is 1.71. The minimum atomic E-state index is 0.193. The molecule has 2 aromatic heterocycles. The van der Waals surface area contributed by atoms with E-state index in [0.29, 0.717) is 5.92 Å². The number of aromatic nitrogens is 4. The van der Waals surface area contributed by atoms with Gasteiger partial charge >= 0.3 is 0 Å². The summed E-state index contributed by atoms with van der Waals surface area (Å²) in [4.78, 5) is 0.936. The Morgan fingerprint density at radius 3 is 2.95 bits per heavy atom. The summed E-state index contributed by atoms with van der Waals surface area (Å²) in [5.41, 5.74) is 0.193. The molecule has 1 unspecified atom stereocenters. The van der Waals surface area contributed by atoms with Crippen LogP contribution in [0, 0.1) is 0 Å². The van der Waals surface area contributed by atoms with Crippen LogP contribution in [0.2, 0.25) is 0 Å². The Bertz CT molecular complexity index is 624. The van der Waals surface area contributed by atoms with Crippen molar-refractivity contribution in [1.82, 2.24) is 25.1 Å². The largest absolute Gasteiger partial charge is 0.381 e. The smallest absolute Gasteiger partial charge is 0.234 e. The molecule has 1 atom stereocenters. The summed E-state index contributed by atoms with van der Waals surface area (Å²) in [6.45, 7) is 6.01. The molecule has 2 aliphatic rings. The molecule has 0 aliphatic carbocycles. The van der Waals surface area contributed by atoms with Gasteiger partial charge in [-0.25, -0.2) is 0 Å². The number of nitrogens with one attached hydrogen (secondary N) is 1. The highest BCUT2D eigenvalue weighted by Crippen LogP contribution is 2.37. The van der Waals surface area contributed by atoms with E-state index in [1.807, 2.05) is 4.52 Å². The third-order valence-corrected chi connectivity index (χ3v) is 6.12. The first kappa shape index (κ1) is 13.6. The van der Waals surface area contributed by atoms with Gasteiger partial charge in [0.05, 0.1) is 0 Å². The highest BCUT2D eigenvalue weighted by atomic mass is 32.1. The normalized spacial score (nSPS) is 27.7. The summed E-state index contributed by atoms with van der Waals surface area (Å²) in [5.74, 6) is 1.45. The molecule has 0 bridgehead atoms.